The molecule has 0 aliphatic rings. The van der Waals surface area contributed by atoms with Crippen molar-refractivity contribution < 1.29 is 22.7 Å². The molecule has 0 atom stereocenters. The summed E-state index contributed by atoms with van der Waals surface area (Å²) in [5.74, 6) is 0.0923. The summed E-state index contributed by atoms with van der Waals surface area (Å²) in [6.07, 6.45) is 1.68. The number of methoxy groups -OCH3 is 1. The molecule has 0 heterocycles. The number of rotatable bonds is 8. The van der Waals surface area contributed by atoms with Crippen molar-refractivity contribution in [1.82, 2.24) is 0 Å². The van der Waals surface area contributed by atoms with Gasteiger partial charge in [-0.3, -0.25) is 4.72 Å². The lowest BCUT2D eigenvalue weighted by molar-refractivity contribution is 0.0499. The van der Waals surface area contributed by atoms with Crippen LogP contribution in [0.25, 0.3) is 0 Å². The van der Waals surface area contributed by atoms with E-state index in [9.17, 15) is 13.2 Å². The van der Waals surface area contributed by atoms with Crippen LogP contribution in [0.1, 0.15) is 30.1 Å². The summed E-state index contributed by atoms with van der Waals surface area (Å²) in [7, 11) is -2.28. The predicted octanol–water partition coefficient (Wildman–Crippen LogP) is 3.45. The molecule has 0 bridgehead atoms. The fourth-order valence-corrected chi connectivity index (χ4v) is 3.16. The van der Waals surface area contributed by atoms with Gasteiger partial charge in [0.15, 0.2) is 0 Å². The maximum absolute atomic E-state index is 12.5. The van der Waals surface area contributed by atoms with Crippen molar-refractivity contribution in [3.05, 3.63) is 54.1 Å². The summed E-state index contributed by atoms with van der Waals surface area (Å²) in [6.45, 7) is 2.31. The minimum absolute atomic E-state index is 0.00624. The van der Waals surface area contributed by atoms with Gasteiger partial charge in [0.1, 0.15) is 5.75 Å². The van der Waals surface area contributed by atoms with Crippen LogP contribution in [0, 0.1) is 0 Å². The fourth-order valence-electron chi connectivity index (χ4n) is 2.06. The van der Waals surface area contributed by atoms with Crippen LogP contribution < -0.4 is 9.46 Å². The largest absolute Gasteiger partial charge is 0.497 e. The minimum Gasteiger partial charge on any atom is -0.497 e. The number of anilines is 1. The first-order valence-electron chi connectivity index (χ1n) is 7.90. The number of unbranched alkanes of at least 4 members (excludes halogenated alkanes) is 1. The highest BCUT2D eigenvalue weighted by Gasteiger charge is 2.17. The van der Waals surface area contributed by atoms with E-state index in [1.807, 2.05) is 6.92 Å². The van der Waals surface area contributed by atoms with Crippen molar-refractivity contribution >= 4 is 21.7 Å². The van der Waals surface area contributed by atoms with E-state index in [4.69, 9.17) is 9.47 Å². The van der Waals surface area contributed by atoms with E-state index in [2.05, 4.69) is 4.72 Å². The first kappa shape index (κ1) is 18.8. The standard InChI is InChI=1S/C18H21NO5S/c1-3-4-12-24-18(20)14-6-5-7-17(13-14)25(21,22)19-15-8-10-16(23-2)11-9-15/h5-11,13,19H,3-4,12H2,1-2H3. The molecule has 0 amide bonds. The molecule has 0 unspecified atom stereocenters. The number of carbonyl (C=O) groups excluding carboxylic acids is 1. The molecule has 6 nitrogen and oxygen atoms in total. The van der Waals surface area contributed by atoms with Crippen molar-refractivity contribution in [2.75, 3.05) is 18.4 Å². The number of hydrogen-bond acceptors (Lipinski definition) is 5. The van der Waals surface area contributed by atoms with Crippen molar-refractivity contribution in [1.29, 1.82) is 0 Å². The van der Waals surface area contributed by atoms with Gasteiger partial charge in [-0.15, -0.1) is 0 Å². The van der Waals surface area contributed by atoms with E-state index in [0.717, 1.165) is 12.8 Å². The maximum Gasteiger partial charge on any atom is 0.338 e. The van der Waals surface area contributed by atoms with Gasteiger partial charge in [-0.1, -0.05) is 19.4 Å². The average Bonchev–Trinajstić information content (AvgIpc) is 2.62. The van der Waals surface area contributed by atoms with Crippen LogP contribution in [0.2, 0.25) is 0 Å². The van der Waals surface area contributed by atoms with E-state index < -0.39 is 16.0 Å². The molecule has 2 aromatic carbocycles. The summed E-state index contributed by atoms with van der Waals surface area (Å²) < 4.78 is 37.6. The number of carbonyl (C=O) groups is 1. The quantitative estimate of drug-likeness (QED) is 0.574. The number of nitrogens with one attached hydrogen (secondary N) is 1. The van der Waals surface area contributed by atoms with Crippen molar-refractivity contribution in [3.63, 3.8) is 0 Å². The SMILES string of the molecule is CCCCOC(=O)c1cccc(S(=O)(=O)Nc2ccc(OC)cc2)c1. The highest BCUT2D eigenvalue weighted by Crippen LogP contribution is 2.20. The molecule has 0 aromatic heterocycles. The minimum atomic E-state index is -3.81. The third-order valence-electron chi connectivity index (χ3n) is 3.45. The Morgan fingerprint density at radius 3 is 2.48 bits per heavy atom. The lowest BCUT2D eigenvalue weighted by Gasteiger charge is -2.10. The number of hydrogen-bond donors (Lipinski definition) is 1. The first-order valence-corrected chi connectivity index (χ1v) is 9.38. The Labute approximate surface area is 147 Å². The lowest BCUT2D eigenvalue weighted by Crippen LogP contribution is -2.14. The van der Waals surface area contributed by atoms with Crippen LogP contribution in [-0.4, -0.2) is 28.1 Å². The second-order valence-corrected chi connectivity index (χ2v) is 7.03. The zero-order chi connectivity index (χ0) is 18.3. The van der Waals surface area contributed by atoms with Gasteiger partial charge in [0.05, 0.1) is 24.2 Å². The third kappa shape index (κ3) is 5.22. The summed E-state index contributed by atoms with van der Waals surface area (Å²) in [5, 5.41) is 0. The highest BCUT2D eigenvalue weighted by molar-refractivity contribution is 7.92. The third-order valence-corrected chi connectivity index (χ3v) is 4.83. The Bertz CT molecular complexity index is 816. The van der Waals surface area contributed by atoms with E-state index in [-0.39, 0.29) is 10.5 Å². The fraction of sp³-hybridized carbons (Fsp3) is 0.278. The summed E-state index contributed by atoms with van der Waals surface area (Å²) >= 11 is 0. The van der Waals surface area contributed by atoms with E-state index in [1.165, 1.54) is 31.4 Å². The van der Waals surface area contributed by atoms with E-state index >= 15 is 0 Å². The molecule has 1 N–H and O–H groups in total. The van der Waals surface area contributed by atoms with Crippen LogP contribution >= 0.6 is 0 Å². The lowest BCUT2D eigenvalue weighted by atomic mass is 10.2. The number of ether oxygens (including phenoxy) is 2. The molecule has 0 aliphatic heterocycles. The monoisotopic (exact) mass is 363 g/mol. The molecule has 7 heteroatoms. The Morgan fingerprint density at radius 2 is 1.84 bits per heavy atom. The van der Waals surface area contributed by atoms with Crippen molar-refractivity contribution in [2.45, 2.75) is 24.7 Å². The predicted molar refractivity (Wildman–Crippen MR) is 95.4 cm³/mol. The molecule has 25 heavy (non-hydrogen) atoms. The zero-order valence-electron chi connectivity index (χ0n) is 14.2. The van der Waals surface area contributed by atoms with E-state index in [0.29, 0.717) is 18.0 Å². The summed E-state index contributed by atoms with van der Waals surface area (Å²) in [5.41, 5.74) is 0.602. The smallest absolute Gasteiger partial charge is 0.338 e. The van der Waals surface area contributed by atoms with Crippen molar-refractivity contribution in [3.8, 4) is 5.75 Å². The molecule has 0 aliphatic carbocycles. The normalized spacial score (nSPS) is 11.0. The average molecular weight is 363 g/mol. The molecule has 134 valence electrons. The Balaban J connectivity index is 2.15. The Kier molecular flexibility index (Phi) is 6.41. The van der Waals surface area contributed by atoms with Gasteiger partial charge in [-0.25, -0.2) is 13.2 Å². The molecule has 0 saturated heterocycles. The molecule has 2 rings (SSSR count). The summed E-state index contributed by atoms with van der Waals surface area (Å²) in [4.78, 5) is 12.0. The molecule has 0 fully saturated rings. The van der Waals surface area contributed by atoms with Gasteiger partial charge in [0.2, 0.25) is 0 Å². The molecule has 0 spiro atoms. The second kappa shape index (κ2) is 8.53. The van der Waals surface area contributed by atoms with Crippen LogP contribution in [0.3, 0.4) is 0 Å². The van der Waals surface area contributed by atoms with Gasteiger partial charge < -0.3 is 9.47 Å². The molecule has 0 radical (unpaired) electrons. The number of sulfonamides is 1. The Hall–Kier alpha value is -2.54. The van der Waals surface area contributed by atoms with E-state index in [1.54, 1.807) is 24.3 Å². The number of esters is 1. The van der Waals surface area contributed by atoms with Crippen LogP contribution in [0.4, 0.5) is 5.69 Å². The maximum atomic E-state index is 12.5. The Morgan fingerprint density at radius 1 is 1.12 bits per heavy atom. The van der Waals surface area contributed by atoms with Crippen molar-refractivity contribution in [2.24, 2.45) is 0 Å². The van der Waals surface area contributed by atoms with Gasteiger partial charge in [0, 0.05) is 5.69 Å². The van der Waals surface area contributed by atoms with Gasteiger partial charge in [0.25, 0.3) is 10.0 Å². The van der Waals surface area contributed by atoms with Crippen LogP contribution in [-0.2, 0) is 14.8 Å². The molecular weight excluding hydrogens is 342 g/mol. The van der Waals surface area contributed by atoms with Gasteiger partial charge in [-0.05, 0) is 48.9 Å². The van der Waals surface area contributed by atoms with Crippen LogP contribution in [0.15, 0.2) is 53.4 Å². The summed E-state index contributed by atoms with van der Waals surface area (Å²) in [6, 6.07) is 12.3. The topological polar surface area (TPSA) is 81.7 Å². The molecule has 0 saturated carbocycles. The highest BCUT2D eigenvalue weighted by atomic mass is 32.2. The van der Waals surface area contributed by atoms with Gasteiger partial charge >= 0.3 is 5.97 Å². The van der Waals surface area contributed by atoms with Crippen LogP contribution in [0.5, 0.6) is 5.75 Å². The molecule has 2 aromatic rings. The zero-order valence-corrected chi connectivity index (χ0v) is 15.0. The van der Waals surface area contributed by atoms with Gasteiger partial charge in [-0.2, -0.15) is 0 Å². The first-order chi connectivity index (χ1) is 12.0. The number of benzene rings is 2. The molecular formula is C18H21NO5S. The second-order valence-electron chi connectivity index (χ2n) is 5.35.